The minimum Gasteiger partial charge on any atom is -0.382 e. The van der Waals surface area contributed by atoms with Gasteiger partial charge in [0.2, 0.25) is 5.91 Å². The van der Waals surface area contributed by atoms with E-state index in [2.05, 4.69) is 15.5 Å². The van der Waals surface area contributed by atoms with Gasteiger partial charge in [0.15, 0.2) is 0 Å². The molecular weight excluding hydrogens is 330 g/mol. The van der Waals surface area contributed by atoms with Gasteiger partial charge in [-0.25, -0.2) is 0 Å². The molecule has 0 atom stereocenters. The third-order valence-corrected chi connectivity index (χ3v) is 5.82. The number of H-pyrrole nitrogens is 1. The summed E-state index contributed by atoms with van der Waals surface area (Å²) >= 11 is 0. The Hall–Kier alpha value is -2.05. The maximum Gasteiger partial charge on any atom is 0.271 e. The quantitative estimate of drug-likeness (QED) is 0.723. The van der Waals surface area contributed by atoms with Crippen molar-refractivity contribution in [3.05, 3.63) is 11.8 Å². The topological polar surface area (TPSA) is 104 Å². The molecule has 1 aliphatic heterocycles. The Morgan fingerprint density at radius 2 is 1.88 bits per heavy atom. The summed E-state index contributed by atoms with van der Waals surface area (Å²) in [6.07, 6.45) is 10.1. The Morgan fingerprint density at radius 3 is 2.54 bits per heavy atom. The van der Waals surface area contributed by atoms with E-state index in [1.54, 1.807) is 6.07 Å². The Morgan fingerprint density at radius 1 is 1.15 bits per heavy atom. The van der Waals surface area contributed by atoms with E-state index in [0.29, 0.717) is 36.9 Å². The fourth-order valence-corrected chi connectivity index (χ4v) is 4.11. The summed E-state index contributed by atoms with van der Waals surface area (Å²) in [6, 6.07) is 1.57. The molecule has 1 aromatic heterocycles. The van der Waals surface area contributed by atoms with Crippen LogP contribution >= 0.6 is 0 Å². The predicted octanol–water partition coefficient (Wildman–Crippen LogP) is 2.32. The van der Waals surface area contributed by atoms with Gasteiger partial charge in [-0.1, -0.05) is 32.1 Å². The van der Waals surface area contributed by atoms with Gasteiger partial charge in [0.05, 0.1) is 0 Å². The zero-order valence-corrected chi connectivity index (χ0v) is 15.5. The molecule has 1 saturated carbocycles. The van der Waals surface area contributed by atoms with Crippen LogP contribution < -0.4 is 11.1 Å². The van der Waals surface area contributed by atoms with Crippen molar-refractivity contribution in [2.24, 2.45) is 11.8 Å². The molecule has 2 fully saturated rings. The van der Waals surface area contributed by atoms with Gasteiger partial charge in [0, 0.05) is 32.1 Å². The first-order chi connectivity index (χ1) is 12.6. The number of aromatic amines is 1. The first kappa shape index (κ1) is 18.7. The number of nitrogens with two attached hydrogens (primary N) is 1. The minimum atomic E-state index is -0.0517. The lowest BCUT2D eigenvalue weighted by Crippen LogP contribution is -2.41. The van der Waals surface area contributed by atoms with Crippen molar-refractivity contribution < 1.29 is 9.59 Å². The van der Waals surface area contributed by atoms with Crippen LogP contribution in [-0.2, 0) is 4.79 Å². The van der Waals surface area contributed by atoms with Gasteiger partial charge in [0.25, 0.3) is 5.91 Å². The summed E-state index contributed by atoms with van der Waals surface area (Å²) in [5, 5.41) is 9.57. The number of piperidine rings is 1. The van der Waals surface area contributed by atoms with Gasteiger partial charge in [-0.2, -0.15) is 5.10 Å². The molecule has 0 spiro atoms. The van der Waals surface area contributed by atoms with E-state index < -0.39 is 0 Å². The second kappa shape index (κ2) is 9.05. The SMILES string of the molecule is Nc1cc(C(=O)N2CCC(CNC(=O)CCC3CCCCC3)CC2)[nH]n1. The molecule has 3 rings (SSSR count). The number of amides is 2. The summed E-state index contributed by atoms with van der Waals surface area (Å²) in [5.41, 5.74) is 6.00. The maximum atomic E-state index is 12.4. The maximum absolute atomic E-state index is 12.4. The van der Waals surface area contributed by atoms with Crippen LogP contribution in [0.1, 0.15) is 68.3 Å². The van der Waals surface area contributed by atoms with Crippen LogP contribution in [0.25, 0.3) is 0 Å². The number of nitrogens with zero attached hydrogens (tertiary/aromatic N) is 2. The molecule has 7 heteroatoms. The van der Waals surface area contributed by atoms with Crippen molar-refractivity contribution >= 4 is 17.6 Å². The van der Waals surface area contributed by atoms with Gasteiger partial charge in [-0.15, -0.1) is 0 Å². The molecule has 144 valence electrons. The van der Waals surface area contributed by atoms with Crippen LogP contribution in [0.15, 0.2) is 6.07 Å². The van der Waals surface area contributed by atoms with E-state index in [9.17, 15) is 9.59 Å². The lowest BCUT2D eigenvalue weighted by Gasteiger charge is -2.31. The summed E-state index contributed by atoms with van der Waals surface area (Å²) in [5.74, 6) is 1.66. The third-order valence-electron chi connectivity index (χ3n) is 5.82. The molecule has 2 amide bonds. The van der Waals surface area contributed by atoms with Gasteiger partial charge >= 0.3 is 0 Å². The predicted molar refractivity (Wildman–Crippen MR) is 100 cm³/mol. The minimum absolute atomic E-state index is 0.0517. The van der Waals surface area contributed by atoms with Gasteiger partial charge in [-0.05, 0) is 31.1 Å². The number of rotatable bonds is 6. The third kappa shape index (κ3) is 5.22. The van der Waals surface area contributed by atoms with Crippen molar-refractivity contribution in [3.63, 3.8) is 0 Å². The van der Waals surface area contributed by atoms with Gasteiger partial charge < -0.3 is 16.0 Å². The molecule has 1 aromatic rings. The van der Waals surface area contributed by atoms with E-state index in [4.69, 9.17) is 5.73 Å². The zero-order chi connectivity index (χ0) is 18.4. The molecule has 0 unspecified atom stereocenters. The lowest BCUT2D eigenvalue weighted by atomic mass is 9.86. The van der Waals surface area contributed by atoms with Crippen molar-refractivity contribution in [1.29, 1.82) is 0 Å². The van der Waals surface area contributed by atoms with Crippen molar-refractivity contribution in [2.45, 2.75) is 57.8 Å². The number of nitrogens with one attached hydrogen (secondary N) is 2. The van der Waals surface area contributed by atoms with Crippen molar-refractivity contribution in [3.8, 4) is 0 Å². The number of hydrogen-bond donors (Lipinski definition) is 3. The number of anilines is 1. The molecule has 2 aliphatic rings. The molecule has 4 N–H and O–H groups in total. The van der Waals surface area contributed by atoms with E-state index in [-0.39, 0.29) is 11.8 Å². The lowest BCUT2D eigenvalue weighted by molar-refractivity contribution is -0.121. The molecule has 26 heavy (non-hydrogen) atoms. The number of nitrogen functional groups attached to an aromatic ring is 1. The summed E-state index contributed by atoms with van der Waals surface area (Å²) in [6.45, 7) is 2.14. The zero-order valence-electron chi connectivity index (χ0n) is 15.5. The smallest absolute Gasteiger partial charge is 0.271 e. The highest BCUT2D eigenvalue weighted by Crippen LogP contribution is 2.27. The molecule has 1 aliphatic carbocycles. The van der Waals surface area contributed by atoms with Crippen molar-refractivity contribution in [1.82, 2.24) is 20.4 Å². The van der Waals surface area contributed by atoms with Crippen LogP contribution in [0.2, 0.25) is 0 Å². The summed E-state index contributed by atoms with van der Waals surface area (Å²) < 4.78 is 0. The van der Waals surface area contributed by atoms with E-state index in [0.717, 1.165) is 31.7 Å². The van der Waals surface area contributed by atoms with Crippen LogP contribution in [0.5, 0.6) is 0 Å². The normalized spacial score (nSPS) is 19.5. The van der Waals surface area contributed by atoms with E-state index >= 15 is 0 Å². The van der Waals surface area contributed by atoms with Crippen LogP contribution in [0.3, 0.4) is 0 Å². The first-order valence-corrected chi connectivity index (χ1v) is 9.98. The molecule has 2 heterocycles. The Labute approximate surface area is 155 Å². The van der Waals surface area contributed by atoms with Crippen molar-refractivity contribution in [2.75, 3.05) is 25.4 Å². The molecule has 0 aromatic carbocycles. The Bertz CT molecular complexity index is 601. The molecule has 0 radical (unpaired) electrons. The van der Waals surface area contributed by atoms with Crippen LogP contribution in [0.4, 0.5) is 5.82 Å². The van der Waals surface area contributed by atoms with Crippen LogP contribution in [-0.4, -0.2) is 46.5 Å². The first-order valence-electron chi connectivity index (χ1n) is 9.98. The van der Waals surface area contributed by atoms with E-state index in [1.807, 2.05) is 4.90 Å². The van der Waals surface area contributed by atoms with Crippen LogP contribution in [0, 0.1) is 11.8 Å². The average molecular weight is 361 g/mol. The molecule has 1 saturated heterocycles. The number of carbonyl (C=O) groups is 2. The average Bonchev–Trinajstić information content (AvgIpc) is 3.12. The standard InChI is InChI=1S/C19H31N5O2/c20-17-12-16(22-23-17)19(26)24-10-8-15(9-11-24)13-21-18(25)7-6-14-4-2-1-3-5-14/h12,14-15H,1-11,13H2,(H,21,25)(H3,20,22,23). The van der Waals surface area contributed by atoms with Gasteiger partial charge in [0.1, 0.15) is 11.5 Å². The molecule has 0 bridgehead atoms. The largest absolute Gasteiger partial charge is 0.382 e. The number of likely N-dealkylation sites (tertiary alicyclic amines) is 1. The fourth-order valence-electron chi connectivity index (χ4n) is 4.11. The van der Waals surface area contributed by atoms with Gasteiger partial charge in [-0.3, -0.25) is 14.7 Å². The number of aromatic nitrogens is 2. The second-order valence-electron chi connectivity index (χ2n) is 7.79. The molecule has 7 nitrogen and oxygen atoms in total. The highest BCUT2D eigenvalue weighted by atomic mass is 16.2. The fraction of sp³-hybridized carbons (Fsp3) is 0.737. The highest BCUT2D eigenvalue weighted by molar-refractivity contribution is 5.93. The Kier molecular flexibility index (Phi) is 6.52. The summed E-state index contributed by atoms with van der Waals surface area (Å²) in [4.78, 5) is 26.3. The highest BCUT2D eigenvalue weighted by Gasteiger charge is 2.25. The summed E-state index contributed by atoms with van der Waals surface area (Å²) in [7, 11) is 0. The van der Waals surface area contributed by atoms with E-state index in [1.165, 1.54) is 32.1 Å². The monoisotopic (exact) mass is 361 g/mol. The Balaban J connectivity index is 1.32. The number of hydrogen-bond acceptors (Lipinski definition) is 4. The molecular formula is C19H31N5O2. The second-order valence-corrected chi connectivity index (χ2v) is 7.79. The number of carbonyl (C=O) groups excluding carboxylic acids is 2.